The Morgan fingerprint density at radius 2 is 2.70 bits per heavy atom. The fourth-order valence-corrected chi connectivity index (χ4v) is 1.83. The van der Waals surface area contributed by atoms with E-state index in [2.05, 4.69) is 17.7 Å². The van der Waals surface area contributed by atoms with Crippen LogP contribution >= 0.6 is 11.9 Å². The van der Waals surface area contributed by atoms with Gasteiger partial charge in [-0.15, -0.1) is 0 Å². The zero-order chi connectivity index (χ0) is 7.40. The van der Waals surface area contributed by atoms with Crippen molar-refractivity contribution >= 4 is 18.2 Å². The molecule has 1 saturated heterocycles. The van der Waals surface area contributed by atoms with E-state index in [0.29, 0.717) is 0 Å². The van der Waals surface area contributed by atoms with E-state index < -0.39 is 0 Å². The first-order valence-electron chi connectivity index (χ1n) is 3.43. The van der Waals surface area contributed by atoms with Crippen molar-refractivity contribution in [1.82, 2.24) is 4.72 Å². The average molecular weight is 157 g/mol. The van der Waals surface area contributed by atoms with Gasteiger partial charge >= 0.3 is 0 Å². The Morgan fingerprint density at radius 1 is 1.90 bits per heavy atom. The number of allylic oxidation sites excluding steroid dienone is 1. The predicted octanol–water partition coefficient (Wildman–Crippen LogP) is 1.49. The number of carbonyl (C=O) groups excluding carboxylic acids is 1. The van der Waals surface area contributed by atoms with E-state index in [1.807, 2.05) is 0 Å². The summed E-state index contributed by atoms with van der Waals surface area (Å²) in [6.07, 6.45) is 5.04. The SMILES string of the molecule is CCC=C1CC(C=O)NS1. The Kier molecular flexibility index (Phi) is 2.96. The van der Waals surface area contributed by atoms with Gasteiger partial charge in [0.25, 0.3) is 0 Å². The third-order valence-corrected chi connectivity index (χ3v) is 2.37. The second kappa shape index (κ2) is 3.78. The molecule has 10 heavy (non-hydrogen) atoms. The quantitative estimate of drug-likeness (QED) is 0.486. The fraction of sp³-hybridized carbons (Fsp3) is 0.571. The lowest BCUT2D eigenvalue weighted by atomic mass is 10.2. The standard InChI is InChI=1S/C7H11NOS/c1-2-3-7-4-6(5-9)8-10-7/h3,5-6,8H,2,4H2,1H3. The molecule has 1 fully saturated rings. The van der Waals surface area contributed by atoms with Gasteiger partial charge in [0, 0.05) is 6.42 Å². The molecule has 0 aromatic rings. The van der Waals surface area contributed by atoms with Gasteiger partial charge in [0.15, 0.2) is 0 Å². The van der Waals surface area contributed by atoms with Gasteiger partial charge < -0.3 is 4.79 Å². The Balaban J connectivity index is 2.42. The molecule has 1 heterocycles. The summed E-state index contributed by atoms with van der Waals surface area (Å²) in [7, 11) is 0. The largest absolute Gasteiger partial charge is 0.302 e. The van der Waals surface area contributed by atoms with Gasteiger partial charge in [-0.05, 0) is 23.3 Å². The smallest absolute Gasteiger partial charge is 0.138 e. The molecule has 1 aliphatic heterocycles. The Labute approximate surface area is 65.2 Å². The van der Waals surface area contributed by atoms with Gasteiger partial charge in [-0.1, -0.05) is 13.0 Å². The summed E-state index contributed by atoms with van der Waals surface area (Å²) in [6.45, 7) is 2.10. The number of hydrogen-bond acceptors (Lipinski definition) is 3. The van der Waals surface area contributed by atoms with Crippen LogP contribution in [0.15, 0.2) is 11.0 Å². The average Bonchev–Trinajstić information content (AvgIpc) is 2.37. The molecular weight excluding hydrogens is 146 g/mol. The number of aldehydes is 1. The molecule has 1 atom stereocenters. The van der Waals surface area contributed by atoms with Gasteiger partial charge in [-0.25, -0.2) is 4.72 Å². The van der Waals surface area contributed by atoms with E-state index in [0.717, 1.165) is 19.1 Å². The molecule has 0 aromatic carbocycles. The molecule has 0 bridgehead atoms. The monoisotopic (exact) mass is 157 g/mol. The first kappa shape index (κ1) is 7.82. The third-order valence-electron chi connectivity index (χ3n) is 1.36. The van der Waals surface area contributed by atoms with E-state index in [1.165, 1.54) is 4.91 Å². The normalized spacial score (nSPS) is 29.3. The lowest BCUT2D eigenvalue weighted by Crippen LogP contribution is -2.17. The first-order chi connectivity index (χ1) is 4.86. The lowest BCUT2D eigenvalue weighted by molar-refractivity contribution is -0.109. The van der Waals surface area contributed by atoms with Gasteiger partial charge in [0.05, 0.1) is 6.04 Å². The van der Waals surface area contributed by atoms with Crippen molar-refractivity contribution in [2.75, 3.05) is 0 Å². The van der Waals surface area contributed by atoms with Crippen molar-refractivity contribution in [3.8, 4) is 0 Å². The molecule has 0 radical (unpaired) electrons. The summed E-state index contributed by atoms with van der Waals surface area (Å²) in [4.78, 5) is 11.5. The highest BCUT2D eigenvalue weighted by Gasteiger charge is 2.17. The third kappa shape index (κ3) is 1.85. The van der Waals surface area contributed by atoms with Crippen molar-refractivity contribution < 1.29 is 4.79 Å². The summed E-state index contributed by atoms with van der Waals surface area (Å²) >= 11 is 1.58. The van der Waals surface area contributed by atoms with Crippen LogP contribution in [-0.2, 0) is 4.79 Å². The summed E-state index contributed by atoms with van der Waals surface area (Å²) in [5.74, 6) is 0. The maximum atomic E-state index is 10.3. The molecule has 1 N–H and O–H groups in total. The molecule has 0 aliphatic carbocycles. The van der Waals surface area contributed by atoms with Crippen LogP contribution in [-0.4, -0.2) is 12.3 Å². The van der Waals surface area contributed by atoms with E-state index in [1.54, 1.807) is 11.9 Å². The summed E-state index contributed by atoms with van der Waals surface area (Å²) in [5, 5.41) is 0. The van der Waals surface area contributed by atoms with Crippen molar-refractivity contribution in [2.45, 2.75) is 25.8 Å². The van der Waals surface area contributed by atoms with Crippen LogP contribution in [0, 0.1) is 0 Å². The lowest BCUT2D eigenvalue weighted by Gasteiger charge is -1.92. The van der Waals surface area contributed by atoms with Crippen LogP contribution in [0.4, 0.5) is 0 Å². The molecule has 2 nitrogen and oxygen atoms in total. The topological polar surface area (TPSA) is 29.1 Å². The van der Waals surface area contributed by atoms with E-state index >= 15 is 0 Å². The molecule has 1 rings (SSSR count). The number of nitrogens with one attached hydrogen (secondary N) is 1. The highest BCUT2D eigenvalue weighted by atomic mass is 32.2. The van der Waals surface area contributed by atoms with Crippen LogP contribution < -0.4 is 4.72 Å². The van der Waals surface area contributed by atoms with Crippen LogP contribution in [0.3, 0.4) is 0 Å². The van der Waals surface area contributed by atoms with Crippen LogP contribution in [0.25, 0.3) is 0 Å². The van der Waals surface area contributed by atoms with Crippen molar-refractivity contribution in [1.29, 1.82) is 0 Å². The van der Waals surface area contributed by atoms with Gasteiger partial charge in [-0.3, -0.25) is 0 Å². The van der Waals surface area contributed by atoms with Crippen molar-refractivity contribution in [3.05, 3.63) is 11.0 Å². The molecule has 56 valence electrons. The fourth-order valence-electron chi connectivity index (χ4n) is 0.880. The van der Waals surface area contributed by atoms with Gasteiger partial charge in [0.1, 0.15) is 6.29 Å². The number of hydrogen-bond donors (Lipinski definition) is 1. The summed E-state index contributed by atoms with van der Waals surface area (Å²) in [5.41, 5.74) is 0. The van der Waals surface area contributed by atoms with Gasteiger partial charge in [-0.2, -0.15) is 0 Å². The Bertz CT molecular complexity index is 156. The van der Waals surface area contributed by atoms with E-state index in [-0.39, 0.29) is 6.04 Å². The Morgan fingerprint density at radius 3 is 3.20 bits per heavy atom. The molecular formula is C7H11NOS. The zero-order valence-electron chi connectivity index (χ0n) is 5.96. The molecule has 0 amide bonds. The molecule has 1 aliphatic rings. The minimum absolute atomic E-state index is 0.0443. The van der Waals surface area contributed by atoms with Crippen molar-refractivity contribution in [2.24, 2.45) is 0 Å². The number of rotatable bonds is 2. The van der Waals surface area contributed by atoms with Crippen LogP contribution in [0.5, 0.6) is 0 Å². The minimum atomic E-state index is 0.0443. The van der Waals surface area contributed by atoms with Gasteiger partial charge in [0.2, 0.25) is 0 Å². The first-order valence-corrected chi connectivity index (χ1v) is 4.25. The highest BCUT2D eigenvalue weighted by molar-refractivity contribution is 8.01. The van der Waals surface area contributed by atoms with E-state index in [9.17, 15) is 4.79 Å². The second-order valence-corrected chi connectivity index (χ2v) is 3.21. The summed E-state index contributed by atoms with van der Waals surface area (Å²) in [6, 6.07) is 0.0443. The van der Waals surface area contributed by atoms with Crippen LogP contribution in [0.1, 0.15) is 19.8 Å². The van der Waals surface area contributed by atoms with E-state index in [4.69, 9.17) is 0 Å². The molecule has 0 aromatic heterocycles. The zero-order valence-corrected chi connectivity index (χ0v) is 6.78. The van der Waals surface area contributed by atoms with Crippen LogP contribution in [0.2, 0.25) is 0 Å². The van der Waals surface area contributed by atoms with Crippen molar-refractivity contribution in [3.63, 3.8) is 0 Å². The molecule has 1 unspecified atom stereocenters. The number of carbonyl (C=O) groups is 1. The summed E-state index contributed by atoms with van der Waals surface area (Å²) < 4.78 is 3.02. The molecule has 3 heteroatoms. The molecule has 0 spiro atoms. The second-order valence-electron chi connectivity index (χ2n) is 2.25. The molecule has 0 saturated carbocycles. The maximum absolute atomic E-state index is 10.3. The Hall–Kier alpha value is -0.280. The highest BCUT2D eigenvalue weighted by Crippen LogP contribution is 2.25. The minimum Gasteiger partial charge on any atom is -0.302 e. The predicted molar refractivity (Wildman–Crippen MR) is 43.6 cm³/mol. The maximum Gasteiger partial charge on any atom is 0.138 e.